The molecular weight excluding hydrogens is 286 g/mol. The Morgan fingerprint density at radius 3 is 2.56 bits per heavy atom. The van der Waals surface area contributed by atoms with E-state index in [1.165, 1.54) is 0 Å². The van der Waals surface area contributed by atoms with Gasteiger partial charge >= 0.3 is 6.43 Å². The molecule has 0 aliphatic rings. The Kier molecular flexibility index (Phi) is 3.84. The second-order valence-corrected chi connectivity index (χ2v) is 6.03. The molecule has 5 nitrogen and oxygen atoms in total. The van der Waals surface area contributed by atoms with Crippen molar-refractivity contribution in [1.29, 1.82) is 0 Å². The number of nitrogens with one attached hydrogen (secondary N) is 1. The van der Waals surface area contributed by atoms with Crippen molar-refractivity contribution in [3.63, 3.8) is 0 Å². The summed E-state index contributed by atoms with van der Waals surface area (Å²) in [5.74, 6) is -1.63. The second kappa shape index (κ2) is 4.62. The first-order valence-electron chi connectivity index (χ1n) is 3.63. The summed E-state index contributed by atoms with van der Waals surface area (Å²) >= 11 is 6.06. The third-order valence-electron chi connectivity index (χ3n) is 1.38. The number of sulfonamides is 1. The van der Waals surface area contributed by atoms with E-state index in [1.807, 2.05) is 0 Å². The topological polar surface area (TPSA) is 89.3 Å². The number of carbonyl (C=O) groups excluding carboxylic acids is 1. The highest BCUT2D eigenvalue weighted by molar-refractivity contribution is 7.91. The minimum atomic E-state index is -4.11. The standard InChI is InChI=1S/C6H5ClF2N2O3S2/c7-3-1-2(11-5(12)4(8)9)6(15-3)16(10,13)14/h1,4H,(H,11,12)(H2,10,13,14). The first kappa shape index (κ1) is 13.3. The Labute approximate surface area is 98.2 Å². The van der Waals surface area contributed by atoms with Crippen LogP contribution in [-0.2, 0) is 14.8 Å². The average molecular weight is 291 g/mol. The molecule has 1 heterocycles. The third kappa shape index (κ3) is 3.11. The number of thiophene rings is 1. The fourth-order valence-corrected chi connectivity index (χ4v) is 3.03. The fourth-order valence-electron chi connectivity index (χ4n) is 0.831. The largest absolute Gasteiger partial charge is 0.319 e. The smallest absolute Gasteiger partial charge is 0.315 e. The highest BCUT2D eigenvalue weighted by Gasteiger charge is 2.23. The van der Waals surface area contributed by atoms with E-state index in [1.54, 1.807) is 5.32 Å². The summed E-state index contributed by atoms with van der Waals surface area (Å²) in [6, 6.07) is 1.03. The predicted molar refractivity (Wildman–Crippen MR) is 55.3 cm³/mol. The van der Waals surface area contributed by atoms with Gasteiger partial charge in [-0.1, -0.05) is 11.6 Å². The van der Waals surface area contributed by atoms with Crippen molar-refractivity contribution in [2.24, 2.45) is 5.14 Å². The van der Waals surface area contributed by atoms with Crippen LogP contribution >= 0.6 is 22.9 Å². The summed E-state index contributed by atoms with van der Waals surface area (Å²) in [6.45, 7) is 0. The highest BCUT2D eigenvalue weighted by Crippen LogP contribution is 2.34. The number of hydrogen-bond acceptors (Lipinski definition) is 4. The molecule has 10 heteroatoms. The lowest BCUT2D eigenvalue weighted by atomic mass is 10.5. The van der Waals surface area contributed by atoms with Crippen LogP contribution in [0.4, 0.5) is 14.5 Å². The number of hydrogen-bond donors (Lipinski definition) is 2. The van der Waals surface area contributed by atoms with Gasteiger partial charge in [0.1, 0.15) is 0 Å². The first-order chi connectivity index (χ1) is 7.21. The summed E-state index contributed by atoms with van der Waals surface area (Å²) < 4.78 is 45.4. The van der Waals surface area contributed by atoms with Crippen LogP contribution in [0.2, 0.25) is 4.34 Å². The summed E-state index contributed by atoms with van der Waals surface area (Å²) in [6.07, 6.45) is -3.26. The lowest BCUT2D eigenvalue weighted by molar-refractivity contribution is -0.126. The van der Waals surface area contributed by atoms with Crippen molar-refractivity contribution in [1.82, 2.24) is 0 Å². The van der Waals surface area contributed by atoms with Gasteiger partial charge in [-0.25, -0.2) is 13.6 Å². The van der Waals surface area contributed by atoms with Crippen LogP contribution in [0.1, 0.15) is 0 Å². The van der Waals surface area contributed by atoms with Crippen molar-refractivity contribution in [2.75, 3.05) is 5.32 Å². The monoisotopic (exact) mass is 290 g/mol. The molecule has 0 radical (unpaired) electrons. The van der Waals surface area contributed by atoms with Gasteiger partial charge in [-0.15, -0.1) is 11.3 Å². The molecule has 0 fully saturated rings. The number of nitrogens with two attached hydrogens (primary N) is 1. The molecule has 0 aromatic carbocycles. The number of primary sulfonamides is 1. The van der Waals surface area contributed by atoms with Gasteiger partial charge in [-0.2, -0.15) is 8.78 Å². The van der Waals surface area contributed by atoms with Gasteiger partial charge in [0.25, 0.3) is 5.91 Å². The minimum Gasteiger partial charge on any atom is -0.319 e. The molecule has 3 N–H and O–H groups in total. The SMILES string of the molecule is NS(=O)(=O)c1sc(Cl)cc1NC(=O)C(F)F. The van der Waals surface area contributed by atoms with Gasteiger partial charge in [-0.05, 0) is 6.07 Å². The number of alkyl halides is 2. The van der Waals surface area contributed by atoms with Crippen LogP contribution in [-0.4, -0.2) is 20.8 Å². The molecule has 0 atom stereocenters. The van der Waals surface area contributed by atoms with E-state index in [2.05, 4.69) is 0 Å². The van der Waals surface area contributed by atoms with Gasteiger partial charge in [0.05, 0.1) is 10.0 Å². The van der Waals surface area contributed by atoms with Crippen molar-refractivity contribution >= 4 is 44.6 Å². The molecule has 1 amide bonds. The Morgan fingerprint density at radius 1 is 1.56 bits per heavy atom. The fraction of sp³-hybridized carbons (Fsp3) is 0.167. The summed E-state index contributed by atoms with van der Waals surface area (Å²) in [7, 11) is -4.11. The van der Waals surface area contributed by atoms with E-state index in [0.717, 1.165) is 6.07 Å². The van der Waals surface area contributed by atoms with E-state index in [-0.39, 0.29) is 10.0 Å². The molecule has 0 saturated carbocycles. The van der Waals surface area contributed by atoms with Crippen LogP contribution in [0.15, 0.2) is 10.3 Å². The molecule has 1 aromatic heterocycles. The maximum atomic E-state index is 11.9. The molecule has 16 heavy (non-hydrogen) atoms. The number of carbonyl (C=O) groups is 1. The maximum Gasteiger partial charge on any atom is 0.315 e. The molecule has 0 unspecified atom stereocenters. The minimum absolute atomic E-state index is 0.00795. The predicted octanol–water partition coefficient (Wildman–Crippen LogP) is 1.25. The van der Waals surface area contributed by atoms with Crippen molar-refractivity contribution in [3.8, 4) is 0 Å². The zero-order valence-electron chi connectivity index (χ0n) is 7.41. The lowest BCUT2D eigenvalue weighted by Gasteiger charge is -2.03. The normalized spacial score (nSPS) is 11.8. The van der Waals surface area contributed by atoms with Crippen LogP contribution in [0.3, 0.4) is 0 Å². The molecule has 0 saturated heterocycles. The highest BCUT2D eigenvalue weighted by atomic mass is 35.5. The Balaban J connectivity index is 3.10. The van der Waals surface area contributed by atoms with Crippen LogP contribution in [0.25, 0.3) is 0 Å². The van der Waals surface area contributed by atoms with Gasteiger partial charge in [0.15, 0.2) is 4.21 Å². The van der Waals surface area contributed by atoms with Crippen LogP contribution < -0.4 is 10.5 Å². The molecule has 0 spiro atoms. The van der Waals surface area contributed by atoms with Crippen LogP contribution in [0, 0.1) is 0 Å². The molecule has 90 valence electrons. The van der Waals surface area contributed by atoms with Gasteiger partial charge in [-0.3, -0.25) is 4.79 Å². The third-order valence-corrected chi connectivity index (χ3v) is 4.12. The van der Waals surface area contributed by atoms with Crippen molar-refractivity contribution in [3.05, 3.63) is 10.4 Å². The zero-order chi connectivity index (χ0) is 12.5. The maximum absolute atomic E-state index is 11.9. The van der Waals surface area contributed by atoms with Crippen molar-refractivity contribution in [2.45, 2.75) is 10.6 Å². The Bertz CT molecular complexity index is 514. The van der Waals surface area contributed by atoms with Gasteiger partial charge in [0.2, 0.25) is 10.0 Å². The van der Waals surface area contributed by atoms with Gasteiger partial charge < -0.3 is 5.32 Å². The summed E-state index contributed by atoms with van der Waals surface area (Å²) in [5, 5.41) is 6.52. The molecule has 1 rings (SSSR count). The Morgan fingerprint density at radius 2 is 2.12 bits per heavy atom. The average Bonchev–Trinajstić information content (AvgIpc) is 2.45. The zero-order valence-corrected chi connectivity index (χ0v) is 9.80. The lowest BCUT2D eigenvalue weighted by Crippen LogP contribution is -2.21. The number of amides is 1. The van der Waals surface area contributed by atoms with Crippen molar-refractivity contribution < 1.29 is 22.0 Å². The first-order valence-corrected chi connectivity index (χ1v) is 6.37. The van der Waals surface area contributed by atoms with Gasteiger partial charge in [0, 0.05) is 0 Å². The number of anilines is 1. The van der Waals surface area contributed by atoms with E-state index in [4.69, 9.17) is 16.7 Å². The van der Waals surface area contributed by atoms with Crippen LogP contribution in [0.5, 0.6) is 0 Å². The second-order valence-electron chi connectivity index (χ2n) is 2.59. The summed E-state index contributed by atoms with van der Waals surface area (Å²) in [4.78, 5) is 10.7. The molecule has 0 aliphatic heterocycles. The molecule has 0 aliphatic carbocycles. The molecule has 1 aromatic rings. The quantitative estimate of drug-likeness (QED) is 0.878. The van der Waals surface area contributed by atoms with E-state index in [9.17, 15) is 22.0 Å². The van der Waals surface area contributed by atoms with E-state index < -0.39 is 26.6 Å². The van der Waals surface area contributed by atoms with E-state index in [0.29, 0.717) is 11.3 Å². The Hall–Kier alpha value is -0.770. The summed E-state index contributed by atoms with van der Waals surface area (Å²) in [5.41, 5.74) is -0.345. The number of rotatable bonds is 3. The van der Waals surface area contributed by atoms with E-state index >= 15 is 0 Å². The molecular formula is C6H5ClF2N2O3S2. The molecule has 0 bridgehead atoms. The number of halogens is 3.